The van der Waals surface area contributed by atoms with Gasteiger partial charge in [0.05, 0.1) is 16.8 Å². The number of hydrogen-bond acceptors (Lipinski definition) is 3. The van der Waals surface area contributed by atoms with Crippen molar-refractivity contribution in [1.29, 1.82) is 0 Å². The Bertz CT molecular complexity index is 506. The first-order chi connectivity index (χ1) is 10.1. The molecule has 1 heterocycles. The molecular weight excluding hydrogens is 312 g/mol. The van der Waals surface area contributed by atoms with E-state index in [1.807, 2.05) is 6.07 Å². The van der Waals surface area contributed by atoms with Gasteiger partial charge in [-0.15, -0.1) is 11.3 Å². The number of amides is 2. The van der Waals surface area contributed by atoms with Crippen LogP contribution >= 0.6 is 22.9 Å². The molecule has 1 aliphatic carbocycles. The molecule has 1 fully saturated rings. The van der Waals surface area contributed by atoms with Crippen molar-refractivity contribution in [2.24, 2.45) is 5.92 Å². The summed E-state index contributed by atoms with van der Waals surface area (Å²) in [6, 6.07) is 3.03. The Hall–Kier alpha value is -1.27. The average Bonchev–Trinajstić information content (AvgIpc) is 2.70. The molecule has 1 saturated carbocycles. The minimum absolute atomic E-state index is 0.295. The van der Waals surface area contributed by atoms with Crippen LogP contribution < -0.4 is 10.6 Å². The van der Waals surface area contributed by atoms with Gasteiger partial charge in [0.1, 0.15) is 0 Å². The maximum absolute atomic E-state index is 11.9. The fourth-order valence-corrected chi connectivity index (χ4v) is 3.64. The number of urea groups is 1. The van der Waals surface area contributed by atoms with Crippen molar-refractivity contribution >= 4 is 34.9 Å². The van der Waals surface area contributed by atoms with Crippen LogP contribution in [0, 0.1) is 5.92 Å². The predicted molar refractivity (Wildman–Crippen MR) is 82.7 cm³/mol. The second-order valence-corrected chi connectivity index (χ2v) is 7.02. The molecule has 2 atom stereocenters. The van der Waals surface area contributed by atoms with Gasteiger partial charge in [-0.05, 0) is 25.0 Å². The van der Waals surface area contributed by atoms with Gasteiger partial charge in [0, 0.05) is 10.9 Å². The van der Waals surface area contributed by atoms with Gasteiger partial charge >= 0.3 is 12.0 Å². The first-order valence-electron chi connectivity index (χ1n) is 7.07. The van der Waals surface area contributed by atoms with Crippen LogP contribution in [0.2, 0.25) is 4.34 Å². The molecule has 1 aromatic heterocycles. The van der Waals surface area contributed by atoms with Gasteiger partial charge in [-0.1, -0.05) is 30.9 Å². The van der Waals surface area contributed by atoms with Crippen LogP contribution in [0.15, 0.2) is 12.1 Å². The van der Waals surface area contributed by atoms with E-state index in [-0.39, 0.29) is 12.1 Å². The zero-order chi connectivity index (χ0) is 15.2. The van der Waals surface area contributed by atoms with Gasteiger partial charge in [-0.2, -0.15) is 0 Å². The molecule has 7 heteroatoms. The molecule has 0 radical (unpaired) electrons. The summed E-state index contributed by atoms with van der Waals surface area (Å²) in [5, 5.41) is 14.8. The maximum Gasteiger partial charge on any atom is 0.315 e. The topological polar surface area (TPSA) is 78.4 Å². The summed E-state index contributed by atoms with van der Waals surface area (Å²) in [4.78, 5) is 24.2. The molecule has 0 aromatic carbocycles. The lowest BCUT2D eigenvalue weighted by Gasteiger charge is -2.22. The molecule has 116 valence electrons. The quantitative estimate of drug-likeness (QED) is 0.742. The number of thiophene rings is 1. The predicted octanol–water partition coefficient (Wildman–Crippen LogP) is 3.23. The van der Waals surface area contributed by atoms with E-state index in [0.717, 1.165) is 30.6 Å². The van der Waals surface area contributed by atoms with Gasteiger partial charge in [0.2, 0.25) is 0 Å². The van der Waals surface area contributed by atoms with Crippen LogP contribution in [0.5, 0.6) is 0 Å². The molecule has 1 aliphatic rings. The lowest BCUT2D eigenvalue weighted by atomic mass is 9.95. The molecule has 3 N–H and O–H groups in total. The highest BCUT2D eigenvalue weighted by Crippen LogP contribution is 2.24. The SMILES string of the molecule is O=C(NCc1ccc(Cl)s1)NC1CCCCCC1C(=O)O. The van der Waals surface area contributed by atoms with Crippen molar-refractivity contribution < 1.29 is 14.7 Å². The number of carbonyl (C=O) groups is 2. The first-order valence-corrected chi connectivity index (χ1v) is 8.27. The zero-order valence-corrected chi connectivity index (χ0v) is 13.2. The number of carbonyl (C=O) groups excluding carboxylic acids is 1. The van der Waals surface area contributed by atoms with Crippen molar-refractivity contribution in [3.05, 3.63) is 21.3 Å². The first kappa shape index (κ1) is 16.1. The molecule has 21 heavy (non-hydrogen) atoms. The molecule has 2 amide bonds. The highest BCUT2D eigenvalue weighted by molar-refractivity contribution is 7.16. The molecule has 5 nitrogen and oxygen atoms in total. The fourth-order valence-electron chi connectivity index (χ4n) is 2.61. The highest BCUT2D eigenvalue weighted by atomic mass is 35.5. The summed E-state index contributed by atoms with van der Waals surface area (Å²) in [5.74, 6) is -1.32. The van der Waals surface area contributed by atoms with Gasteiger partial charge in [-0.3, -0.25) is 4.79 Å². The van der Waals surface area contributed by atoms with E-state index in [0.29, 0.717) is 17.3 Å². The number of carboxylic acids is 1. The second-order valence-electron chi connectivity index (χ2n) is 5.22. The Labute approximate surface area is 132 Å². The van der Waals surface area contributed by atoms with Gasteiger partial charge < -0.3 is 15.7 Å². The van der Waals surface area contributed by atoms with Gasteiger partial charge in [-0.25, -0.2) is 4.79 Å². The fraction of sp³-hybridized carbons (Fsp3) is 0.571. The summed E-state index contributed by atoms with van der Waals surface area (Å²) in [5.41, 5.74) is 0. The molecule has 2 unspecified atom stereocenters. The Morgan fingerprint density at radius 2 is 2.05 bits per heavy atom. The van der Waals surface area contributed by atoms with Crippen LogP contribution in [-0.4, -0.2) is 23.1 Å². The van der Waals surface area contributed by atoms with Crippen LogP contribution in [-0.2, 0) is 11.3 Å². The highest BCUT2D eigenvalue weighted by Gasteiger charge is 2.30. The van der Waals surface area contributed by atoms with Crippen molar-refractivity contribution in [2.45, 2.75) is 44.7 Å². The largest absolute Gasteiger partial charge is 0.481 e. The number of halogens is 1. The molecule has 0 saturated heterocycles. The lowest BCUT2D eigenvalue weighted by Crippen LogP contribution is -2.46. The molecule has 1 aromatic rings. The number of rotatable bonds is 4. The molecule has 0 aliphatic heterocycles. The Balaban J connectivity index is 1.85. The summed E-state index contributed by atoms with van der Waals surface area (Å²) in [6.07, 6.45) is 4.23. The third-order valence-electron chi connectivity index (χ3n) is 3.70. The van der Waals surface area contributed by atoms with Crippen molar-refractivity contribution in [3.63, 3.8) is 0 Å². The average molecular weight is 331 g/mol. The van der Waals surface area contributed by atoms with Crippen LogP contribution in [0.3, 0.4) is 0 Å². The zero-order valence-electron chi connectivity index (χ0n) is 11.6. The van der Waals surface area contributed by atoms with E-state index in [1.54, 1.807) is 6.07 Å². The van der Waals surface area contributed by atoms with Gasteiger partial charge in [0.15, 0.2) is 0 Å². The van der Waals surface area contributed by atoms with Crippen LogP contribution in [0.25, 0.3) is 0 Å². The summed E-state index contributed by atoms with van der Waals surface area (Å²) < 4.78 is 0.682. The van der Waals surface area contributed by atoms with Crippen molar-refractivity contribution in [1.82, 2.24) is 10.6 Å². The number of hydrogen-bond donors (Lipinski definition) is 3. The lowest BCUT2D eigenvalue weighted by molar-refractivity contribution is -0.142. The Morgan fingerprint density at radius 1 is 1.29 bits per heavy atom. The van der Waals surface area contributed by atoms with E-state index in [9.17, 15) is 14.7 Å². The van der Waals surface area contributed by atoms with E-state index in [1.165, 1.54) is 11.3 Å². The smallest absolute Gasteiger partial charge is 0.315 e. The van der Waals surface area contributed by atoms with Crippen molar-refractivity contribution in [2.75, 3.05) is 0 Å². The number of carboxylic acid groups (broad SMARTS) is 1. The third-order valence-corrected chi connectivity index (χ3v) is 4.93. The Kier molecular flexibility index (Phi) is 5.87. The summed E-state index contributed by atoms with van der Waals surface area (Å²) >= 11 is 7.24. The molecule has 0 spiro atoms. The van der Waals surface area contributed by atoms with E-state index >= 15 is 0 Å². The third kappa shape index (κ3) is 4.89. The number of aliphatic carboxylic acids is 1. The second kappa shape index (κ2) is 7.66. The maximum atomic E-state index is 11.9. The monoisotopic (exact) mass is 330 g/mol. The van der Waals surface area contributed by atoms with E-state index in [2.05, 4.69) is 10.6 Å². The minimum Gasteiger partial charge on any atom is -0.481 e. The molecule has 0 bridgehead atoms. The van der Waals surface area contributed by atoms with Crippen LogP contribution in [0.1, 0.15) is 37.0 Å². The Morgan fingerprint density at radius 3 is 2.71 bits per heavy atom. The van der Waals surface area contributed by atoms with E-state index in [4.69, 9.17) is 11.6 Å². The standard InChI is InChI=1S/C14H19ClN2O3S/c15-12-7-6-9(21-12)8-16-14(20)17-11-5-3-1-2-4-10(11)13(18)19/h6-7,10-11H,1-5,8H2,(H,18,19)(H2,16,17,20). The number of nitrogens with one attached hydrogen (secondary N) is 2. The molecule has 2 rings (SSSR count). The molecular formula is C14H19ClN2O3S. The van der Waals surface area contributed by atoms with Crippen molar-refractivity contribution in [3.8, 4) is 0 Å². The van der Waals surface area contributed by atoms with Gasteiger partial charge in [0.25, 0.3) is 0 Å². The minimum atomic E-state index is -0.827. The van der Waals surface area contributed by atoms with Crippen LogP contribution in [0.4, 0.5) is 4.79 Å². The summed E-state index contributed by atoms with van der Waals surface area (Å²) in [6.45, 7) is 0.397. The normalized spacial score (nSPS) is 22.3. The summed E-state index contributed by atoms with van der Waals surface area (Å²) in [7, 11) is 0. The van der Waals surface area contributed by atoms with E-state index < -0.39 is 11.9 Å².